The first-order valence-electron chi connectivity index (χ1n) is 2.88. The molecule has 11 heavy (non-hydrogen) atoms. The molecule has 5 nitrogen and oxygen atoms in total. The third-order valence-corrected chi connectivity index (χ3v) is 1.21. The summed E-state index contributed by atoms with van der Waals surface area (Å²) in [5.74, 6) is 0. The van der Waals surface area contributed by atoms with Crippen molar-refractivity contribution in [2.24, 2.45) is 0 Å². The average molecular weight is 154 g/mol. The maximum Gasteiger partial charge on any atom is 0.269 e. The van der Waals surface area contributed by atoms with Gasteiger partial charge < -0.3 is 0 Å². The lowest BCUT2D eigenvalue weighted by atomic mass is 10.3. The van der Waals surface area contributed by atoms with Crippen molar-refractivity contribution >= 4 is 11.4 Å². The van der Waals surface area contributed by atoms with Gasteiger partial charge in [0.1, 0.15) is 0 Å². The lowest BCUT2D eigenvalue weighted by Gasteiger charge is -1.95. The fraction of sp³-hybridized carbons (Fsp3) is 0. The third kappa shape index (κ3) is 1.65. The minimum atomic E-state index is -0.499. The molecule has 0 saturated carbocycles. The summed E-state index contributed by atoms with van der Waals surface area (Å²) < 4.78 is 0. The van der Waals surface area contributed by atoms with Crippen LogP contribution in [0.1, 0.15) is 0 Å². The predicted octanol–water partition coefficient (Wildman–Crippen LogP) is 1.40. The molecule has 0 aliphatic carbocycles. The van der Waals surface area contributed by atoms with Crippen molar-refractivity contribution in [3.8, 4) is 0 Å². The second kappa shape index (κ2) is 2.98. The van der Waals surface area contributed by atoms with Gasteiger partial charge in [-0.1, -0.05) is 0 Å². The van der Waals surface area contributed by atoms with E-state index >= 15 is 0 Å². The van der Waals surface area contributed by atoms with Gasteiger partial charge in [-0.25, -0.2) is 0 Å². The van der Waals surface area contributed by atoms with E-state index in [2.05, 4.69) is 0 Å². The van der Waals surface area contributed by atoms with Gasteiger partial charge in [-0.05, 0) is 12.1 Å². The molecule has 0 bridgehead atoms. The molecule has 0 amide bonds. The number of non-ortho nitro benzene ring substituents is 1. The van der Waals surface area contributed by atoms with Crippen molar-refractivity contribution in [1.82, 2.24) is 0 Å². The van der Waals surface area contributed by atoms with Crippen molar-refractivity contribution in [3.05, 3.63) is 34.4 Å². The molecule has 0 aliphatic rings. The molecule has 1 aromatic rings. The molecule has 58 valence electrons. The molecule has 0 atom stereocenters. The van der Waals surface area contributed by atoms with Gasteiger partial charge in [0.25, 0.3) is 5.69 Å². The summed E-state index contributed by atoms with van der Waals surface area (Å²) in [6, 6.07) is 5.44. The molecule has 0 aromatic heterocycles. The molecule has 0 radical (unpaired) electrons. The normalized spacial score (nSPS) is 9.18. The monoisotopic (exact) mass is 154 g/mol. The predicted molar refractivity (Wildman–Crippen MR) is 38.5 cm³/mol. The summed E-state index contributed by atoms with van der Waals surface area (Å²) in [5.41, 5.74) is 2.30. The minimum absolute atomic E-state index is 0.00370. The largest absolute Gasteiger partial charge is 0.291 e. The van der Waals surface area contributed by atoms with Gasteiger partial charge in [0.2, 0.25) is 0 Å². The van der Waals surface area contributed by atoms with Gasteiger partial charge in [0.05, 0.1) is 10.6 Å². The van der Waals surface area contributed by atoms with Gasteiger partial charge in [0, 0.05) is 12.1 Å². The van der Waals surface area contributed by atoms with Crippen LogP contribution in [0.2, 0.25) is 0 Å². The van der Waals surface area contributed by atoms with E-state index in [0.29, 0.717) is 5.69 Å². The quantitative estimate of drug-likeness (QED) is 0.498. The Balaban J connectivity index is 2.91. The van der Waals surface area contributed by atoms with E-state index in [0.717, 1.165) is 0 Å². The minimum Gasteiger partial charge on any atom is -0.291 e. The van der Waals surface area contributed by atoms with Crippen molar-refractivity contribution in [1.29, 1.82) is 0 Å². The molecule has 2 N–H and O–H groups in total. The Kier molecular flexibility index (Phi) is 2.03. The molecule has 0 spiro atoms. The number of benzene rings is 1. The molecular weight excluding hydrogens is 148 g/mol. The molecule has 0 saturated heterocycles. The molecule has 0 heterocycles. The molecular formula is C6H6N2O3. The van der Waals surface area contributed by atoms with Gasteiger partial charge in [-0.15, -0.1) is 0 Å². The number of nitro benzene ring substituents is 1. The van der Waals surface area contributed by atoms with Crippen LogP contribution in [-0.2, 0) is 0 Å². The average Bonchev–Trinajstić information content (AvgIpc) is 2.05. The third-order valence-electron chi connectivity index (χ3n) is 1.21. The van der Waals surface area contributed by atoms with Gasteiger partial charge >= 0.3 is 0 Å². The van der Waals surface area contributed by atoms with Crippen LogP contribution >= 0.6 is 0 Å². The topological polar surface area (TPSA) is 75.4 Å². The zero-order valence-corrected chi connectivity index (χ0v) is 5.52. The Labute approximate surface area is 62.4 Å². The summed E-state index contributed by atoms with van der Waals surface area (Å²) in [5, 5.41) is 18.5. The number of rotatable bonds is 2. The Bertz CT molecular complexity index is 257. The van der Waals surface area contributed by atoms with E-state index in [4.69, 9.17) is 5.21 Å². The van der Waals surface area contributed by atoms with E-state index in [1.165, 1.54) is 24.3 Å². The number of hydrogen-bond acceptors (Lipinski definition) is 4. The lowest BCUT2D eigenvalue weighted by molar-refractivity contribution is -0.384. The Morgan fingerprint density at radius 1 is 1.36 bits per heavy atom. The number of hydrogen-bond donors (Lipinski definition) is 2. The first-order valence-corrected chi connectivity index (χ1v) is 2.88. The molecule has 0 aliphatic heterocycles. The summed E-state index contributed by atoms with van der Waals surface area (Å²) in [7, 11) is 0. The highest BCUT2D eigenvalue weighted by Gasteiger charge is 2.02. The molecule has 0 unspecified atom stereocenters. The van der Waals surface area contributed by atoms with Crippen LogP contribution in [0.25, 0.3) is 0 Å². The number of anilines is 1. The lowest BCUT2D eigenvalue weighted by Crippen LogP contribution is -1.90. The molecule has 0 fully saturated rings. The number of nitrogens with one attached hydrogen (secondary N) is 1. The highest BCUT2D eigenvalue weighted by atomic mass is 16.6. The fourth-order valence-electron chi connectivity index (χ4n) is 0.658. The van der Waals surface area contributed by atoms with Crippen LogP contribution in [0.3, 0.4) is 0 Å². The Morgan fingerprint density at radius 3 is 2.27 bits per heavy atom. The van der Waals surface area contributed by atoms with Crippen molar-refractivity contribution in [3.63, 3.8) is 0 Å². The van der Waals surface area contributed by atoms with Crippen LogP contribution in [0.4, 0.5) is 11.4 Å². The summed E-state index contributed by atoms with van der Waals surface area (Å²) in [6.07, 6.45) is 0. The summed E-state index contributed by atoms with van der Waals surface area (Å²) in [6.45, 7) is 0. The van der Waals surface area contributed by atoms with Crippen LogP contribution in [0, 0.1) is 10.1 Å². The van der Waals surface area contributed by atoms with E-state index in [9.17, 15) is 10.1 Å². The van der Waals surface area contributed by atoms with E-state index in [1.54, 1.807) is 0 Å². The van der Waals surface area contributed by atoms with E-state index < -0.39 is 4.92 Å². The summed E-state index contributed by atoms with van der Waals surface area (Å²) >= 11 is 0. The van der Waals surface area contributed by atoms with E-state index in [-0.39, 0.29) is 5.69 Å². The molecule has 1 aromatic carbocycles. The van der Waals surface area contributed by atoms with Crippen LogP contribution in [0.5, 0.6) is 0 Å². The zero-order chi connectivity index (χ0) is 8.27. The molecule has 1 rings (SSSR count). The van der Waals surface area contributed by atoms with Gasteiger partial charge in [0.15, 0.2) is 0 Å². The highest BCUT2D eigenvalue weighted by Crippen LogP contribution is 2.14. The van der Waals surface area contributed by atoms with Crippen molar-refractivity contribution in [2.75, 3.05) is 5.48 Å². The van der Waals surface area contributed by atoms with Crippen LogP contribution in [0.15, 0.2) is 24.3 Å². The second-order valence-electron chi connectivity index (χ2n) is 1.92. The van der Waals surface area contributed by atoms with E-state index in [1.807, 2.05) is 5.48 Å². The first-order chi connectivity index (χ1) is 5.24. The molecule has 5 heteroatoms. The van der Waals surface area contributed by atoms with Crippen LogP contribution in [-0.4, -0.2) is 10.1 Å². The number of nitro groups is 1. The fourth-order valence-corrected chi connectivity index (χ4v) is 0.658. The van der Waals surface area contributed by atoms with Crippen LogP contribution < -0.4 is 5.48 Å². The summed E-state index contributed by atoms with van der Waals surface area (Å²) in [4.78, 5) is 9.62. The Hall–Kier alpha value is -1.62. The Morgan fingerprint density at radius 2 is 1.91 bits per heavy atom. The van der Waals surface area contributed by atoms with Gasteiger partial charge in [-0.3, -0.25) is 20.8 Å². The first kappa shape index (κ1) is 7.49. The maximum atomic E-state index is 10.1. The van der Waals surface area contributed by atoms with Gasteiger partial charge in [-0.2, -0.15) is 0 Å². The highest BCUT2D eigenvalue weighted by molar-refractivity contribution is 5.46. The maximum absolute atomic E-state index is 10.1. The SMILES string of the molecule is O=[N+]([O-])c1ccc(NO)cc1. The van der Waals surface area contributed by atoms with Crippen molar-refractivity contribution < 1.29 is 10.1 Å². The van der Waals surface area contributed by atoms with Crippen molar-refractivity contribution in [2.45, 2.75) is 0 Å². The second-order valence-corrected chi connectivity index (χ2v) is 1.92. The smallest absolute Gasteiger partial charge is 0.269 e. The number of nitrogens with zero attached hydrogens (tertiary/aromatic N) is 1. The zero-order valence-electron chi connectivity index (χ0n) is 5.52. The standard InChI is InChI=1S/C6H6N2O3/c9-7-5-1-3-6(4-2-5)8(10)11/h1-4,7,9H.